The zero-order valence-corrected chi connectivity index (χ0v) is 20.9. The molecule has 1 aromatic heterocycles. The molecule has 1 amide bonds. The smallest absolute Gasteiger partial charge is 0.325 e. The van der Waals surface area contributed by atoms with Gasteiger partial charge in [-0.15, -0.1) is 0 Å². The molecule has 8 nitrogen and oxygen atoms in total. The minimum absolute atomic E-state index is 0.203. The average molecular weight is 491 g/mol. The van der Waals surface area contributed by atoms with Crippen LogP contribution in [0.4, 0.5) is 0 Å². The zero-order valence-electron chi connectivity index (χ0n) is 20.9. The SMILES string of the molecule is Cc1cc(C)cc(C(=O)NCC(=O)OCC(=O)c2cc(C)n(C[C@H]3COc4ccccc4O3)c2C)c1. The third kappa shape index (κ3) is 5.76. The van der Waals surface area contributed by atoms with Crippen LogP contribution in [0.3, 0.4) is 0 Å². The van der Waals surface area contributed by atoms with Gasteiger partial charge in [0, 0.05) is 22.5 Å². The van der Waals surface area contributed by atoms with Gasteiger partial charge < -0.3 is 24.1 Å². The molecule has 36 heavy (non-hydrogen) atoms. The molecule has 1 aliphatic rings. The Morgan fingerprint density at radius 2 is 1.69 bits per heavy atom. The number of fused-ring (bicyclic) bond motifs is 1. The molecule has 0 bridgehead atoms. The molecule has 1 atom stereocenters. The fourth-order valence-corrected chi connectivity index (χ4v) is 4.36. The third-order valence-corrected chi connectivity index (χ3v) is 6.07. The molecule has 1 N–H and O–H groups in total. The lowest BCUT2D eigenvalue weighted by Crippen LogP contribution is -2.33. The molecule has 3 aromatic rings. The summed E-state index contributed by atoms with van der Waals surface area (Å²) in [7, 11) is 0. The van der Waals surface area contributed by atoms with Crippen LogP contribution in [0.2, 0.25) is 0 Å². The van der Waals surface area contributed by atoms with Crippen LogP contribution in [0, 0.1) is 27.7 Å². The van der Waals surface area contributed by atoms with E-state index in [-0.39, 0.29) is 24.3 Å². The van der Waals surface area contributed by atoms with Crippen molar-refractivity contribution in [1.29, 1.82) is 0 Å². The highest BCUT2D eigenvalue weighted by molar-refractivity contribution is 6.00. The number of carbonyl (C=O) groups is 3. The first kappa shape index (κ1) is 25.0. The quantitative estimate of drug-likeness (QED) is 0.382. The number of Topliss-reactive ketones (excluding diaryl/α,β-unsaturated/α-hetero) is 1. The van der Waals surface area contributed by atoms with E-state index in [2.05, 4.69) is 5.32 Å². The number of benzene rings is 2. The topological polar surface area (TPSA) is 95.9 Å². The monoisotopic (exact) mass is 490 g/mol. The molecule has 2 heterocycles. The molecule has 0 radical (unpaired) electrons. The standard InChI is InChI=1S/C28H30N2O6/c1-17-9-18(2)11-21(10-17)28(33)29-13-27(32)35-16-24(31)23-12-19(3)30(20(23)4)14-22-15-34-25-7-5-6-8-26(25)36-22/h5-12,22H,13-16H2,1-4H3,(H,29,33)/t22-/m0/s1. The van der Waals surface area contributed by atoms with Crippen molar-refractivity contribution in [2.75, 3.05) is 19.8 Å². The molecule has 1 aliphatic heterocycles. The number of rotatable bonds is 8. The van der Waals surface area contributed by atoms with Crippen LogP contribution in [0.25, 0.3) is 0 Å². The number of aromatic nitrogens is 1. The molecular weight excluding hydrogens is 460 g/mol. The highest BCUT2D eigenvalue weighted by atomic mass is 16.6. The highest BCUT2D eigenvalue weighted by Crippen LogP contribution is 2.31. The van der Waals surface area contributed by atoms with Crippen LogP contribution in [-0.4, -0.2) is 48.1 Å². The number of nitrogens with zero attached hydrogens (tertiary/aromatic N) is 1. The number of carbonyl (C=O) groups excluding carboxylic acids is 3. The summed E-state index contributed by atoms with van der Waals surface area (Å²) in [6, 6.07) is 14.8. The Balaban J connectivity index is 1.30. The van der Waals surface area contributed by atoms with E-state index in [1.807, 2.05) is 62.6 Å². The van der Waals surface area contributed by atoms with E-state index in [0.29, 0.717) is 30.0 Å². The summed E-state index contributed by atoms with van der Waals surface area (Å²) in [4.78, 5) is 37.3. The molecule has 0 unspecified atom stereocenters. The van der Waals surface area contributed by atoms with E-state index in [9.17, 15) is 14.4 Å². The van der Waals surface area contributed by atoms with E-state index in [1.54, 1.807) is 18.2 Å². The number of hydrogen-bond acceptors (Lipinski definition) is 6. The van der Waals surface area contributed by atoms with Gasteiger partial charge in [-0.2, -0.15) is 0 Å². The number of nitrogens with one attached hydrogen (secondary N) is 1. The Morgan fingerprint density at radius 1 is 1.00 bits per heavy atom. The van der Waals surface area contributed by atoms with Crippen LogP contribution < -0.4 is 14.8 Å². The van der Waals surface area contributed by atoms with Crippen LogP contribution in [0.15, 0.2) is 48.5 Å². The minimum Gasteiger partial charge on any atom is -0.486 e. The Labute approximate surface area is 210 Å². The molecule has 4 rings (SSSR count). The maximum absolute atomic E-state index is 12.8. The number of para-hydroxylation sites is 2. The van der Waals surface area contributed by atoms with Crippen molar-refractivity contribution >= 4 is 17.7 Å². The van der Waals surface area contributed by atoms with Gasteiger partial charge in [0.15, 0.2) is 24.2 Å². The van der Waals surface area contributed by atoms with Crippen molar-refractivity contribution < 1.29 is 28.6 Å². The summed E-state index contributed by atoms with van der Waals surface area (Å²) in [6.07, 6.45) is -0.203. The van der Waals surface area contributed by atoms with Crippen molar-refractivity contribution in [2.24, 2.45) is 0 Å². The van der Waals surface area contributed by atoms with Crippen molar-refractivity contribution in [3.63, 3.8) is 0 Å². The van der Waals surface area contributed by atoms with Gasteiger partial charge in [-0.3, -0.25) is 14.4 Å². The second-order valence-corrected chi connectivity index (χ2v) is 9.04. The number of aryl methyl sites for hydroxylation is 3. The fraction of sp³-hybridized carbons (Fsp3) is 0.321. The summed E-state index contributed by atoms with van der Waals surface area (Å²) < 4.78 is 19.0. The summed E-state index contributed by atoms with van der Waals surface area (Å²) >= 11 is 0. The maximum atomic E-state index is 12.8. The van der Waals surface area contributed by atoms with E-state index in [0.717, 1.165) is 28.3 Å². The van der Waals surface area contributed by atoms with Crippen molar-refractivity contribution in [1.82, 2.24) is 9.88 Å². The second-order valence-electron chi connectivity index (χ2n) is 9.04. The predicted molar refractivity (Wildman–Crippen MR) is 134 cm³/mol. The molecule has 2 aromatic carbocycles. The van der Waals surface area contributed by atoms with E-state index < -0.39 is 12.6 Å². The number of hydrogen-bond donors (Lipinski definition) is 1. The van der Waals surface area contributed by atoms with Gasteiger partial charge in [-0.1, -0.05) is 29.3 Å². The Bertz CT molecular complexity index is 1290. The lowest BCUT2D eigenvalue weighted by Gasteiger charge is -2.27. The number of esters is 1. The summed E-state index contributed by atoms with van der Waals surface area (Å²) in [5.74, 6) is 0.0579. The maximum Gasteiger partial charge on any atom is 0.325 e. The number of amides is 1. The van der Waals surface area contributed by atoms with Crippen LogP contribution >= 0.6 is 0 Å². The third-order valence-electron chi connectivity index (χ3n) is 6.07. The summed E-state index contributed by atoms with van der Waals surface area (Å²) in [5, 5.41) is 2.54. The molecule has 8 heteroatoms. The van der Waals surface area contributed by atoms with Crippen molar-refractivity contribution in [3.8, 4) is 11.5 Å². The van der Waals surface area contributed by atoms with E-state index in [4.69, 9.17) is 14.2 Å². The van der Waals surface area contributed by atoms with Gasteiger partial charge in [0.1, 0.15) is 13.2 Å². The van der Waals surface area contributed by atoms with Crippen molar-refractivity contribution in [2.45, 2.75) is 40.3 Å². The number of ketones is 1. The molecule has 0 spiro atoms. The second kappa shape index (κ2) is 10.7. The minimum atomic E-state index is -0.679. The van der Waals surface area contributed by atoms with Crippen LogP contribution in [-0.2, 0) is 16.1 Å². The Hall–Kier alpha value is -4.07. The van der Waals surface area contributed by atoms with Crippen LogP contribution in [0.5, 0.6) is 11.5 Å². The molecule has 0 fully saturated rings. The molecule has 188 valence electrons. The Morgan fingerprint density at radius 3 is 2.42 bits per heavy atom. The van der Waals surface area contributed by atoms with E-state index in [1.165, 1.54) is 0 Å². The molecular formula is C28H30N2O6. The molecule has 0 saturated carbocycles. The fourth-order valence-electron chi connectivity index (χ4n) is 4.36. The lowest BCUT2D eigenvalue weighted by molar-refractivity contribution is -0.141. The van der Waals surface area contributed by atoms with Gasteiger partial charge in [0.25, 0.3) is 5.91 Å². The first-order valence-corrected chi connectivity index (χ1v) is 11.8. The zero-order chi connectivity index (χ0) is 25.8. The normalized spacial score (nSPS) is 14.3. The molecule has 0 aliphatic carbocycles. The first-order valence-electron chi connectivity index (χ1n) is 11.8. The van der Waals surface area contributed by atoms with Gasteiger partial charge in [0.05, 0.1) is 6.54 Å². The Kier molecular flexibility index (Phi) is 7.43. The van der Waals surface area contributed by atoms with Gasteiger partial charge in [-0.25, -0.2) is 0 Å². The van der Waals surface area contributed by atoms with Crippen molar-refractivity contribution in [3.05, 3.63) is 82.2 Å². The largest absolute Gasteiger partial charge is 0.486 e. The summed E-state index contributed by atoms with van der Waals surface area (Å²) in [6.45, 7) is 7.76. The summed E-state index contributed by atoms with van der Waals surface area (Å²) in [5.41, 5.74) is 4.53. The lowest BCUT2D eigenvalue weighted by atomic mass is 10.1. The highest BCUT2D eigenvalue weighted by Gasteiger charge is 2.24. The number of ether oxygens (including phenoxy) is 3. The van der Waals surface area contributed by atoms with Crippen LogP contribution in [0.1, 0.15) is 43.2 Å². The first-order chi connectivity index (χ1) is 17.2. The van der Waals surface area contributed by atoms with Gasteiger partial charge >= 0.3 is 5.97 Å². The molecule has 0 saturated heterocycles. The van der Waals surface area contributed by atoms with Gasteiger partial charge in [-0.05, 0) is 58.0 Å². The van der Waals surface area contributed by atoms with Gasteiger partial charge in [0.2, 0.25) is 5.78 Å². The van der Waals surface area contributed by atoms with E-state index >= 15 is 0 Å². The average Bonchev–Trinajstić information content (AvgIpc) is 3.13. The predicted octanol–water partition coefficient (Wildman–Crippen LogP) is 3.72.